The Bertz CT molecular complexity index is 851. The van der Waals surface area contributed by atoms with Crippen LogP contribution in [0.3, 0.4) is 0 Å². The second-order valence-corrected chi connectivity index (χ2v) is 7.12. The minimum atomic E-state index is 0.786. The van der Waals surface area contributed by atoms with E-state index in [9.17, 15) is 0 Å². The summed E-state index contributed by atoms with van der Waals surface area (Å²) in [6, 6.07) is 14.1. The first-order valence-corrected chi connectivity index (χ1v) is 8.93. The number of hydrogen-bond donors (Lipinski definition) is 1. The summed E-state index contributed by atoms with van der Waals surface area (Å²) in [5.74, 6) is 0. The van der Waals surface area contributed by atoms with Gasteiger partial charge in [-0.3, -0.25) is 4.90 Å². The van der Waals surface area contributed by atoms with Gasteiger partial charge in [-0.1, -0.05) is 29.3 Å². The number of rotatable bonds is 3. The number of hydrogen-bond acceptors (Lipinski definition) is 2. The molecule has 0 saturated carbocycles. The molecule has 1 saturated heterocycles. The molecule has 5 heteroatoms. The highest BCUT2D eigenvalue weighted by molar-refractivity contribution is 6.31. The SMILES string of the molecule is Clc1cccc(N2CCN(Cc3c[nH]c4ccc(Cl)cc34)CC2)c1. The minimum absolute atomic E-state index is 0.786. The molecule has 1 aliphatic rings. The van der Waals surface area contributed by atoms with Gasteiger partial charge in [-0.2, -0.15) is 0 Å². The minimum Gasteiger partial charge on any atom is -0.369 e. The first-order valence-electron chi connectivity index (χ1n) is 8.17. The van der Waals surface area contributed by atoms with Crippen molar-refractivity contribution in [1.82, 2.24) is 9.88 Å². The number of halogens is 2. The van der Waals surface area contributed by atoms with E-state index in [4.69, 9.17) is 23.2 Å². The predicted octanol–water partition coefficient (Wildman–Crippen LogP) is 4.80. The van der Waals surface area contributed by atoms with Gasteiger partial charge in [0.1, 0.15) is 0 Å². The molecule has 0 unspecified atom stereocenters. The lowest BCUT2D eigenvalue weighted by molar-refractivity contribution is 0.250. The molecular formula is C19H19Cl2N3. The Labute approximate surface area is 151 Å². The van der Waals surface area contributed by atoms with E-state index in [0.29, 0.717) is 0 Å². The first-order chi connectivity index (χ1) is 11.7. The summed E-state index contributed by atoms with van der Waals surface area (Å²) in [6.07, 6.45) is 2.10. The van der Waals surface area contributed by atoms with Crippen LogP contribution in [-0.4, -0.2) is 36.1 Å². The summed E-state index contributed by atoms with van der Waals surface area (Å²) in [6.45, 7) is 5.07. The van der Waals surface area contributed by atoms with Crippen LogP contribution in [0, 0.1) is 0 Å². The van der Waals surface area contributed by atoms with Crippen molar-refractivity contribution in [2.45, 2.75) is 6.54 Å². The molecule has 1 aromatic heterocycles. The van der Waals surface area contributed by atoms with Crippen molar-refractivity contribution in [2.24, 2.45) is 0 Å². The fourth-order valence-electron chi connectivity index (χ4n) is 3.36. The molecule has 0 amide bonds. The zero-order valence-corrected chi connectivity index (χ0v) is 14.8. The second-order valence-electron chi connectivity index (χ2n) is 6.25. The van der Waals surface area contributed by atoms with Crippen LogP contribution in [-0.2, 0) is 6.54 Å². The zero-order valence-electron chi connectivity index (χ0n) is 13.3. The molecular weight excluding hydrogens is 341 g/mol. The van der Waals surface area contributed by atoms with Crippen LogP contribution >= 0.6 is 23.2 Å². The Hall–Kier alpha value is -1.68. The normalized spacial score (nSPS) is 16.0. The van der Waals surface area contributed by atoms with Crippen molar-refractivity contribution in [1.29, 1.82) is 0 Å². The molecule has 3 aromatic rings. The summed E-state index contributed by atoms with van der Waals surface area (Å²) in [7, 11) is 0. The number of aromatic nitrogens is 1. The Balaban J connectivity index is 1.43. The molecule has 0 bridgehead atoms. The maximum Gasteiger partial charge on any atom is 0.0458 e. The van der Waals surface area contributed by atoms with Crippen molar-refractivity contribution in [3.8, 4) is 0 Å². The number of piperazine rings is 1. The van der Waals surface area contributed by atoms with Gasteiger partial charge in [0.25, 0.3) is 0 Å². The third-order valence-corrected chi connectivity index (χ3v) is 5.14. The standard InChI is InChI=1S/C19H19Cl2N3/c20-15-2-1-3-17(10-15)24-8-6-23(7-9-24)13-14-12-22-19-5-4-16(21)11-18(14)19/h1-5,10-12,22H,6-9,13H2. The third kappa shape index (κ3) is 3.25. The van der Waals surface area contributed by atoms with Gasteiger partial charge in [0.05, 0.1) is 0 Å². The smallest absolute Gasteiger partial charge is 0.0458 e. The lowest BCUT2D eigenvalue weighted by atomic mass is 10.1. The van der Waals surface area contributed by atoms with Gasteiger partial charge < -0.3 is 9.88 Å². The molecule has 24 heavy (non-hydrogen) atoms. The fraction of sp³-hybridized carbons (Fsp3) is 0.263. The summed E-state index contributed by atoms with van der Waals surface area (Å²) in [5.41, 5.74) is 3.66. The average molecular weight is 360 g/mol. The lowest BCUT2D eigenvalue weighted by Gasteiger charge is -2.36. The van der Waals surface area contributed by atoms with Gasteiger partial charge in [0, 0.05) is 65.6 Å². The topological polar surface area (TPSA) is 22.3 Å². The Kier molecular flexibility index (Phi) is 4.40. The number of fused-ring (bicyclic) bond motifs is 1. The highest BCUT2D eigenvalue weighted by Gasteiger charge is 2.18. The van der Waals surface area contributed by atoms with Crippen LogP contribution in [0.15, 0.2) is 48.7 Å². The van der Waals surface area contributed by atoms with E-state index in [1.807, 2.05) is 36.4 Å². The number of nitrogens with one attached hydrogen (secondary N) is 1. The van der Waals surface area contributed by atoms with Crippen LogP contribution in [0.5, 0.6) is 0 Å². The maximum atomic E-state index is 6.15. The highest BCUT2D eigenvalue weighted by atomic mass is 35.5. The molecule has 0 aliphatic carbocycles. The largest absolute Gasteiger partial charge is 0.369 e. The number of benzene rings is 2. The van der Waals surface area contributed by atoms with Gasteiger partial charge in [-0.05, 0) is 42.0 Å². The highest BCUT2D eigenvalue weighted by Crippen LogP contribution is 2.25. The third-order valence-electron chi connectivity index (χ3n) is 4.67. The van der Waals surface area contributed by atoms with Crippen molar-refractivity contribution >= 4 is 39.8 Å². The molecule has 2 heterocycles. The average Bonchev–Trinajstić information content (AvgIpc) is 2.98. The van der Waals surface area contributed by atoms with E-state index < -0.39 is 0 Å². The van der Waals surface area contributed by atoms with Crippen LogP contribution in [0.25, 0.3) is 10.9 Å². The number of nitrogens with zero attached hydrogens (tertiary/aromatic N) is 2. The molecule has 0 radical (unpaired) electrons. The molecule has 1 N–H and O–H groups in total. The van der Waals surface area contributed by atoms with Crippen LogP contribution < -0.4 is 4.90 Å². The van der Waals surface area contributed by atoms with Crippen molar-refractivity contribution in [3.05, 3.63) is 64.3 Å². The second kappa shape index (κ2) is 6.67. The molecule has 1 aliphatic heterocycles. The molecule has 0 spiro atoms. The van der Waals surface area contributed by atoms with Gasteiger partial charge in [-0.25, -0.2) is 0 Å². The fourth-order valence-corrected chi connectivity index (χ4v) is 3.72. The van der Waals surface area contributed by atoms with Crippen LogP contribution in [0.1, 0.15) is 5.56 Å². The van der Waals surface area contributed by atoms with E-state index in [2.05, 4.69) is 27.0 Å². The van der Waals surface area contributed by atoms with Crippen molar-refractivity contribution in [2.75, 3.05) is 31.1 Å². The monoisotopic (exact) mass is 359 g/mol. The van der Waals surface area contributed by atoms with Gasteiger partial charge in [-0.15, -0.1) is 0 Å². The Morgan fingerprint density at radius 3 is 2.50 bits per heavy atom. The summed E-state index contributed by atoms with van der Waals surface area (Å²) < 4.78 is 0. The van der Waals surface area contributed by atoms with E-state index >= 15 is 0 Å². The predicted molar refractivity (Wildman–Crippen MR) is 102 cm³/mol. The van der Waals surface area contributed by atoms with E-state index in [0.717, 1.165) is 48.3 Å². The number of H-pyrrole nitrogens is 1. The first kappa shape index (κ1) is 15.8. The Morgan fingerprint density at radius 1 is 0.917 bits per heavy atom. The lowest BCUT2D eigenvalue weighted by Crippen LogP contribution is -2.45. The van der Waals surface area contributed by atoms with Crippen LogP contribution in [0.2, 0.25) is 10.0 Å². The van der Waals surface area contributed by atoms with E-state index in [1.54, 1.807) is 0 Å². The van der Waals surface area contributed by atoms with Gasteiger partial charge in [0.15, 0.2) is 0 Å². The molecule has 1 fully saturated rings. The van der Waals surface area contributed by atoms with Crippen molar-refractivity contribution in [3.63, 3.8) is 0 Å². The Morgan fingerprint density at radius 2 is 1.71 bits per heavy atom. The molecule has 124 valence electrons. The summed E-state index contributed by atoms with van der Waals surface area (Å²) >= 11 is 12.2. The van der Waals surface area contributed by atoms with Crippen LogP contribution in [0.4, 0.5) is 5.69 Å². The number of aromatic amines is 1. The molecule has 4 rings (SSSR count). The number of anilines is 1. The quantitative estimate of drug-likeness (QED) is 0.725. The molecule has 2 aromatic carbocycles. The summed E-state index contributed by atoms with van der Waals surface area (Å²) in [5, 5.41) is 2.81. The van der Waals surface area contributed by atoms with Gasteiger partial charge >= 0.3 is 0 Å². The molecule has 0 atom stereocenters. The zero-order chi connectivity index (χ0) is 16.5. The maximum absolute atomic E-state index is 6.15. The van der Waals surface area contributed by atoms with E-state index in [1.165, 1.54) is 16.6 Å². The summed E-state index contributed by atoms with van der Waals surface area (Å²) in [4.78, 5) is 8.22. The van der Waals surface area contributed by atoms with Crippen molar-refractivity contribution < 1.29 is 0 Å². The molecule has 3 nitrogen and oxygen atoms in total. The van der Waals surface area contributed by atoms with Gasteiger partial charge in [0.2, 0.25) is 0 Å². The van der Waals surface area contributed by atoms with E-state index in [-0.39, 0.29) is 0 Å².